The molecule has 3 aromatic carbocycles. The molecule has 0 aliphatic heterocycles. The van der Waals surface area contributed by atoms with Crippen molar-refractivity contribution in [3.63, 3.8) is 0 Å². The van der Waals surface area contributed by atoms with E-state index in [1.54, 1.807) is 0 Å². The van der Waals surface area contributed by atoms with Crippen LogP contribution in [-0.4, -0.2) is 41.6 Å². The van der Waals surface area contributed by atoms with Crippen LogP contribution in [0.15, 0.2) is 59.1 Å². The highest BCUT2D eigenvalue weighted by Crippen LogP contribution is 2.31. The number of aryl methyl sites for hydroxylation is 2. The number of H-pyrrole nitrogens is 1. The second kappa shape index (κ2) is 9.47. The van der Waals surface area contributed by atoms with Crippen molar-refractivity contribution in [3.8, 4) is 17.1 Å². The third-order valence-electron chi connectivity index (χ3n) is 5.43. The number of rotatable bonds is 7. The maximum absolute atomic E-state index is 6.29. The molecule has 4 rings (SSSR count). The van der Waals surface area contributed by atoms with Gasteiger partial charge >= 0.3 is 0 Å². The second-order valence-corrected chi connectivity index (χ2v) is 9.75. The summed E-state index contributed by atoms with van der Waals surface area (Å²) < 4.78 is 7.40. The van der Waals surface area contributed by atoms with Gasteiger partial charge < -0.3 is 14.6 Å². The lowest BCUT2D eigenvalue weighted by Crippen LogP contribution is -2.28. The van der Waals surface area contributed by atoms with Crippen molar-refractivity contribution in [2.24, 2.45) is 0 Å². The second-order valence-electron chi connectivity index (χ2n) is 8.90. The SMILES string of the molecule is Cc1cc(C)cc(-c2nc3c(Cc4ccccc4Br)cc(OC(C)CN(C)C)cc3[nH]2)c1. The molecular formula is C27H30BrN3O. The lowest BCUT2D eigenvalue weighted by Gasteiger charge is -2.19. The molecule has 0 fully saturated rings. The van der Waals surface area contributed by atoms with Gasteiger partial charge in [0.1, 0.15) is 17.7 Å². The summed E-state index contributed by atoms with van der Waals surface area (Å²) in [4.78, 5) is 10.7. The van der Waals surface area contributed by atoms with Gasteiger partial charge in [-0.25, -0.2) is 4.98 Å². The molecule has 166 valence electrons. The third-order valence-corrected chi connectivity index (χ3v) is 6.21. The summed E-state index contributed by atoms with van der Waals surface area (Å²) >= 11 is 3.70. The topological polar surface area (TPSA) is 41.1 Å². The Bertz CT molecular complexity index is 1220. The van der Waals surface area contributed by atoms with Gasteiger partial charge in [0, 0.05) is 29.1 Å². The maximum Gasteiger partial charge on any atom is 0.138 e. The number of halogens is 1. The first-order valence-electron chi connectivity index (χ1n) is 10.9. The quantitative estimate of drug-likeness (QED) is 0.319. The minimum Gasteiger partial charge on any atom is -0.489 e. The van der Waals surface area contributed by atoms with Crippen molar-refractivity contribution in [2.75, 3.05) is 20.6 Å². The maximum atomic E-state index is 6.29. The summed E-state index contributed by atoms with van der Waals surface area (Å²) in [5.41, 5.74) is 7.93. The molecule has 5 heteroatoms. The highest BCUT2D eigenvalue weighted by molar-refractivity contribution is 9.10. The molecule has 32 heavy (non-hydrogen) atoms. The molecule has 1 N–H and O–H groups in total. The predicted octanol–water partition coefficient (Wildman–Crippen LogP) is 6.53. The number of likely N-dealkylation sites (N-methyl/N-ethyl adjacent to an activating group) is 1. The van der Waals surface area contributed by atoms with E-state index in [0.717, 1.165) is 51.2 Å². The van der Waals surface area contributed by atoms with Gasteiger partial charge in [-0.15, -0.1) is 0 Å². The lowest BCUT2D eigenvalue weighted by molar-refractivity contribution is 0.177. The van der Waals surface area contributed by atoms with E-state index in [2.05, 4.69) is 109 Å². The van der Waals surface area contributed by atoms with Crippen molar-refractivity contribution in [3.05, 3.63) is 81.3 Å². The smallest absolute Gasteiger partial charge is 0.138 e. The summed E-state index contributed by atoms with van der Waals surface area (Å²) in [5.74, 6) is 1.75. The van der Waals surface area contributed by atoms with Crippen molar-refractivity contribution < 1.29 is 4.74 Å². The molecule has 4 nitrogen and oxygen atoms in total. The number of hydrogen-bond acceptors (Lipinski definition) is 3. The molecule has 0 aliphatic carbocycles. The number of aromatic amines is 1. The zero-order chi connectivity index (χ0) is 22.8. The van der Waals surface area contributed by atoms with Crippen LogP contribution in [0, 0.1) is 13.8 Å². The molecule has 0 bridgehead atoms. The van der Waals surface area contributed by atoms with E-state index in [1.807, 2.05) is 6.07 Å². The zero-order valence-corrected chi connectivity index (χ0v) is 21.0. The van der Waals surface area contributed by atoms with E-state index in [-0.39, 0.29) is 6.10 Å². The molecule has 0 aliphatic rings. The Balaban J connectivity index is 1.80. The van der Waals surface area contributed by atoms with E-state index in [0.29, 0.717) is 0 Å². The highest BCUT2D eigenvalue weighted by atomic mass is 79.9. The molecule has 1 heterocycles. The number of nitrogens with zero attached hydrogens (tertiary/aromatic N) is 2. The van der Waals surface area contributed by atoms with Crippen LogP contribution in [0.1, 0.15) is 29.2 Å². The molecule has 4 aromatic rings. The zero-order valence-electron chi connectivity index (χ0n) is 19.4. The van der Waals surface area contributed by atoms with Crippen LogP contribution in [0.2, 0.25) is 0 Å². The van der Waals surface area contributed by atoms with Gasteiger partial charge in [-0.2, -0.15) is 0 Å². The summed E-state index contributed by atoms with van der Waals surface area (Å²) in [6.45, 7) is 7.20. The molecule has 0 saturated carbocycles. The first-order valence-corrected chi connectivity index (χ1v) is 11.7. The Labute approximate surface area is 198 Å². The Morgan fingerprint density at radius 3 is 2.41 bits per heavy atom. The van der Waals surface area contributed by atoms with Crippen LogP contribution >= 0.6 is 15.9 Å². The number of hydrogen-bond donors (Lipinski definition) is 1. The van der Waals surface area contributed by atoms with Crippen LogP contribution in [0.5, 0.6) is 5.75 Å². The Hall–Kier alpha value is -2.63. The lowest BCUT2D eigenvalue weighted by atomic mass is 10.0. The fourth-order valence-corrected chi connectivity index (χ4v) is 4.67. The molecule has 0 radical (unpaired) electrons. The Morgan fingerprint density at radius 2 is 1.72 bits per heavy atom. The average molecular weight is 492 g/mol. The Kier molecular flexibility index (Phi) is 6.68. The van der Waals surface area contributed by atoms with Gasteiger partial charge in [-0.3, -0.25) is 0 Å². The molecular weight excluding hydrogens is 462 g/mol. The van der Waals surface area contributed by atoms with E-state index in [4.69, 9.17) is 9.72 Å². The first-order chi connectivity index (χ1) is 15.3. The normalized spacial score (nSPS) is 12.5. The van der Waals surface area contributed by atoms with Gasteiger partial charge in [0.25, 0.3) is 0 Å². The molecule has 0 amide bonds. The predicted molar refractivity (Wildman–Crippen MR) is 137 cm³/mol. The van der Waals surface area contributed by atoms with Gasteiger partial charge in [0.2, 0.25) is 0 Å². The summed E-state index contributed by atoms with van der Waals surface area (Å²) in [6.07, 6.45) is 0.856. The van der Waals surface area contributed by atoms with Crippen molar-refractivity contribution in [2.45, 2.75) is 33.3 Å². The van der Waals surface area contributed by atoms with Crippen LogP contribution in [-0.2, 0) is 6.42 Å². The fraction of sp³-hybridized carbons (Fsp3) is 0.296. The molecule has 0 saturated heterocycles. The average Bonchev–Trinajstić information content (AvgIpc) is 3.13. The van der Waals surface area contributed by atoms with Crippen LogP contribution in [0.4, 0.5) is 0 Å². The monoisotopic (exact) mass is 491 g/mol. The van der Waals surface area contributed by atoms with E-state index in [9.17, 15) is 0 Å². The number of benzene rings is 3. The van der Waals surface area contributed by atoms with Crippen molar-refractivity contribution in [1.82, 2.24) is 14.9 Å². The number of fused-ring (bicyclic) bond motifs is 1. The molecule has 1 unspecified atom stereocenters. The minimum atomic E-state index is 0.0839. The summed E-state index contributed by atoms with van der Waals surface area (Å²) in [6, 6.07) is 19.1. The molecule has 1 aromatic heterocycles. The number of nitrogens with one attached hydrogen (secondary N) is 1. The van der Waals surface area contributed by atoms with Crippen LogP contribution in [0.3, 0.4) is 0 Å². The molecule has 0 spiro atoms. The van der Waals surface area contributed by atoms with E-state index < -0.39 is 0 Å². The van der Waals surface area contributed by atoms with Gasteiger partial charge in [0.05, 0.1) is 11.0 Å². The highest BCUT2D eigenvalue weighted by Gasteiger charge is 2.15. The van der Waals surface area contributed by atoms with Gasteiger partial charge in [-0.05, 0) is 70.3 Å². The van der Waals surface area contributed by atoms with E-state index in [1.165, 1.54) is 16.7 Å². The third kappa shape index (κ3) is 5.22. The summed E-state index contributed by atoms with van der Waals surface area (Å²) in [7, 11) is 4.12. The number of aromatic nitrogens is 2. The van der Waals surface area contributed by atoms with Crippen molar-refractivity contribution >= 4 is 27.0 Å². The number of ether oxygens (including phenoxy) is 1. The largest absolute Gasteiger partial charge is 0.489 e. The minimum absolute atomic E-state index is 0.0839. The number of imidazole rings is 1. The molecule has 1 atom stereocenters. The van der Waals surface area contributed by atoms with Gasteiger partial charge in [0.15, 0.2) is 0 Å². The van der Waals surface area contributed by atoms with Crippen LogP contribution < -0.4 is 4.74 Å². The van der Waals surface area contributed by atoms with Gasteiger partial charge in [-0.1, -0.05) is 51.3 Å². The van der Waals surface area contributed by atoms with E-state index >= 15 is 0 Å². The Morgan fingerprint density at radius 1 is 1.00 bits per heavy atom. The van der Waals surface area contributed by atoms with Crippen molar-refractivity contribution in [1.29, 1.82) is 0 Å². The summed E-state index contributed by atoms with van der Waals surface area (Å²) in [5, 5.41) is 0. The standard InChI is InChI=1S/C27H30BrN3O/c1-17-10-18(2)12-22(11-17)27-29-25-15-23(32-19(3)16-31(4)5)14-21(26(25)30-27)13-20-8-6-7-9-24(20)28/h6-12,14-15,19H,13,16H2,1-5H3,(H,29,30). The fourth-order valence-electron chi connectivity index (χ4n) is 4.24. The first kappa shape index (κ1) is 22.6. The van der Waals surface area contributed by atoms with Crippen LogP contribution in [0.25, 0.3) is 22.4 Å².